The number of alkyl halides is 2. The van der Waals surface area contributed by atoms with Crippen molar-refractivity contribution < 1.29 is 13.5 Å². The molecule has 0 N–H and O–H groups in total. The summed E-state index contributed by atoms with van der Waals surface area (Å²) in [6, 6.07) is 0. The zero-order chi connectivity index (χ0) is 8.32. The fourth-order valence-electron chi connectivity index (χ4n) is 1.19. The lowest BCUT2D eigenvalue weighted by Crippen LogP contribution is -2.40. The number of hydrogen-bond acceptors (Lipinski definition) is 2. The number of methoxy groups -OCH3 is 1. The summed E-state index contributed by atoms with van der Waals surface area (Å²) in [5.41, 5.74) is 0. The van der Waals surface area contributed by atoms with Gasteiger partial charge >= 0.3 is 0 Å². The molecule has 0 radical (unpaired) electrons. The Balaban J connectivity index is 2.25. The first-order valence-corrected chi connectivity index (χ1v) is 3.73. The molecule has 0 aliphatic carbocycles. The average molecular weight is 165 g/mol. The summed E-state index contributed by atoms with van der Waals surface area (Å²) in [6.07, 6.45) is -0.0628. The van der Waals surface area contributed by atoms with Crippen LogP contribution in [0.3, 0.4) is 0 Å². The van der Waals surface area contributed by atoms with Crippen molar-refractivity contribution in [1.82, 2.24) is 4.90 Å². The Morgan fingerprint density at radius 2 is 1.91 bits per heavy atom. The smallest absolute Gasteiger partial charge is 0.250 e. The first-order valence-electron chi connectivity index (χ1n) is 3.73. The minimum atomic E-state index is -2.44. The van der Waals surface area contributed by atoms with Crippen LogP contribution in [0.5, 0.6) is 0 Å². The van der Waals surface area contributed by atoms with Crippen molar-refractivity contribution in [2.45, 2.75) is 18.8 Å². The van der Waals surface area contributed by atoms with Gasteiger partial charge in [0.25, 0.3) is 5.92 Å². The number of hydrogen-bond donors (Lipinski definition) is 0. The summed E-state index contributed by atoms with van der Waals surface area (Å²) < 4.78 is 29.9. The van der Waals surface area contributed by atoms with E-state index in [9.17, 15) is 8.78 Å². The summed E-state index contributed by atoms with van der Waals surface area (Å²) in [4.78, 5) is 1.89. The van der Waals surface area contributed by atoms with Crippen LogP contribution in [0, 0.1) is 0 Å². The van der Waals surface area contributed by atoms with E-state index < -0.39 is 5.92 Å². The third-order valence-corrected chi connectivity index (χ3v) is 1.90. The molecule has 1 fully saturated rings. The fourth-order valence-corrected chi connectivity index (χ4v) is 1.19. The molecule has 2 nitrogen and oxygen atoms in total. The maximum atomic E-state index is 12.6. The molecule has 0 amide bonds. The quantitative estimate of drug-likeness (QED) is 0.612. The minimum Gasteiger partial charge on any atom is -0.369 e. The predicted octanol–water partition coefficient (Wildman–Crippen LogP) is 1.32. The van der Waals surface area contributed by atoms with Crippen LogP contribution in [-0.4, -0.2) is 37.8 Å². The molecule has 1 aliphatic rings. The van der Waals surface area contributed by atoms with Crippen molar-refractivity contribution in [3.8, 4) is 0 Å². The number of halogens is 2. The molecular formula is C7H13F2NO. The Labute approximate surface area is 65.1 Å². The summed E-state index contributed by atoms with van der Waals surface area (Å²) in [5, 5.41) is 0. The third-order valence-electron chi connectivity index (χ3n) is 1.90. The standard InChI is InChI=1S/C7H13F2NO/c1-11-6-10-4-2-7(8,9)3-5-10/h2-6H2,1H3. The molecule has 1 saturated heterocycles. The molecule has 1 heterocycles. The van der Waals surface area contributed by atoms with E-state index >= 15 is 0 Å². The molecule has 0 atom stereocenters. The van der Waals surface area contributed by atoms with Crippen LogP contribution in [0.2, 0.25) is 0 Å². The normalized spacial score (nSPS) is 25.4. The van der Waals surface area contributed by atoms with Gasteiger partial charge in [-0.05, 0) is 0 Å². The highest BCUT2D eigenvalue weighted by Crippen LogP contribution is 2.27. The van der Waals surface area contributed by atoms with E-state index in [4.69, 9.17) is 4.74 Å². The van der Waals surface area contributed by atoms with Gasteiger partial charge in [0, 0.05) is 33.0 Å². The van der Waals surface area contributed by atoms with E-state index in [0.29, 0.717) is 19.8 Å². The van der Waals surface area contributed by atoms with Gasteiger partial charge in [-0.1, -0.05) is 0 Å². The molecular weight excluding hydrogens is 152 g/mol. The third kappa shape index (κ3) is 2.71. The Morgan fingerprint density at radius 3 is 2.36 bits per heavy atom. The summed E-state index contributed by atoms with van der Waals surface area (Å²) in [5.74, 6) is -2.44. The number of ether oxygens (including phenoxy) is 1. The van der Waals surface area contributed by atoms with E-state index in [2.05, 4.69) is 0 Å². The van der Waals surface area contributed by atoms with Gasteiger partial charge in [0.2, 0.25) is 0 Å². The molecule has 4 heteroatoms. The van der Waals surface area contributed by atoms with Crippen molar-refractivity contribution >= 4 is 0 Å². The van der Waals surface area contributed by atoms with Gasteiger partial charge < -0.3 is 4.74 Å². The van der Waals surface area contributed by atoms with Gasteiger partial charge in [-0.15, -0.1) is 0 Å². The van der Waals surface area contributed by atoms with Crippen molar-refractivity contribution in [2.75, 3.05) is 26.9 Å². The lowest BCUT2D eigenvalue weighted by atomic mass is 10.1. The molecule has 0 saturated carbocycles. The van der Waals surface area contributed by atoms with E-state index in [1.807, 2.05) is 4.90 Å². The Bertz CT molecular complexity index is 120. The van der Waals surface area contributed by atoms with E-state index in [1.165, 1.54) is 0 Å². The van der Waals surface area contributed by atoms with Gasteiger partial charge in [-0.2, -0.15) is 0 Å². The van der Waals surface area contributed by atoms with Crippen molar-refractivity contribution in [3.05, 3.63) is 0 Å². The van der Waals surface area contributed by atoms with E-state index in [0.717, 1.165) is 0 Å². The summed E-state index contributed by atoms with van der Waals surface area (Å²) in [7, 11) is 1.58. The van der Waals surface area contributed by atoms with Crippen LogP contribution >= 0.6 is 0 Å². The van der Waals surface area contributed by atoms with Crippen LogP contribution in [0.15, 0.2) is 0 Å². The second-order valence-corrected chi connectivity index (χ2v) is 2.89. The molecule has 0 spiro atoms. The Kier molecular flexibility index (Phi) is 2.78. The molecule has 0 aromatic rings. The highest BCUT2D eigenvalue weighted by molar-refractivity contribution is 4.75. The van der Waals surface area contributed by atoms with Crippen molar-refractivity contribution in [2.24, 2.45) is 0 Å². The van der Waals surface area contributed by atoms with Gasteiger partial charge in [0.1, 0.15) is 0 Å². The highest BCUT2D eigenvalue weighted by atomic mass is 19.3. The maximum Gasteiger partial charge on any atom is 0.250 e. The minimum absolute atomic E-state index is 0.0314. The lowest BCUT2D eigenvalue weighted by Gasteiger charge is -2.30. The number of piperidine rings is 1. The Morgan fingerprint density at radius 1 is 1.36 bits per heavy atom. The van der Waals surface area contributed by atoms with Crippen LogP contribution in [0.25, 0.3) is 0 Å². The highest BCUT2D eigenvalue weighted by Gasteiger charge is 2.33. The molecule has 0 aromatic heterocycles. The zero-order valence-electron chi connectivity index (χ0n) is 6.65. The van der Waals surface area contributed by atoms with Crippen molar-refractivity contribution in [1.29, 1.82) is 0 Å². The van der Waals surface area contributed by atoms with Crippen LogP contribution in [0.1, 0.15) is 12.8 Å². The molecule has 0 bridgehead atoms. The molecule has 0 unspecified atom stereocenters. The van der Waals surface area contributed by atoms with E-state index in [-0.39, 0.29) is 12.8 Å². The number of rotatable bonds is 2. The molecule has 1 aliphatic heterocycles. The number of nitrogens with zero attached hydrogens (tertiary/aromatic N) is 1. The van der Waals surface area contributed by atoms with Crippen molar-refractivity contribution in [3.63, 3.8) is 0 Å². The second-order valence-electron chi connectivity index (χ2n) is 2.89. The van der Waals surface area contributed by atoms with Gasteiger partial charge in [-0.25, -0.2) is 8.78 Å². The summed E-state index contributed by atoms with van der Waals surface area (Å²) >= 11 is 0. The van der Waals surface area contributed by atoms with Crippen LogP contribution in [0.4, 0.5) is 8.78 Å². The molecule has 11 heavy (non-hydrogen) atoms. The zero-order valence-corrected chi connectivity index (χ0v) is 6.65. The first kappa shape index (κ1) is 8.87. The SMILES string of the molecule is COCN1CCC(F)(F)CC1. The molecule has 66 valence electrons. The van der Waals surface area contributed by atoms with Gasteiger partial charge in [0.05, 0.1) is 6.73 Å². The molecule has 0 aromatic carbocycles. The monoisotopic (exact) mass is 165 g/mol. The maximum absolute atomic E-state index is 12.6. The predicted molar refractivity (Wildman–Crippen MR) is 37.6 cm³/mol. The topological polar surface area (TPSA) is 12.5 Å². The van der Waals surface area contributed by atoms with Crippen LogP contribution < -0.4 is 0 Å². The lowest BCUT2D eigenvalue weighted by molar-refractivity contribution is -0.0737. The molecule has 1 rings (SSSR count). The Hall–Kier alpha value is -0.220. The van der Waals surface area contributed by atoms with E-state index in [1.54, 1.807) is 7.11 Å². The average Bonchev–Trinajstić information content (AvgIpc) is 1.94. The second kappa shape index (κ2) is 3.45. The number of likely N-dealkylation sites (tertiary alicyclic amines) is 1. The largest absolute Gasteiger partial charge is 0.369 e. The fraction of sp³-hybridized carbons (Fsp3) is 1.00. The summed E-state index contributed by atoms with van der Waals surface area (Å²) in [6.45, 7) is 1.36. The van der Waals surface area contributed by atoms with Crippen LogP contribution in [-0.2, 0) is 4.74 Å². The van der Waals surface area contributed by atoms with Gasteiger partial charge in [-0.3, -0.25) is 4.90 Å². The van der Waals surface area contributed by atoms with Gasteiger partial charge in [0.15, 0.2) is 0 Å². The first-order chi connectivity index (χ1) is 5.14.